The number of likely N-dealkylation sites (N-methyl/N-ethyl adjacent to an activating group) is 1. The molecule has 0 saturated carbocycles. The second-order valence-corrected chi connectivity index (χ2v) is 17.6. The molecular formula is C26H43IN2O6Si. The van der Waals surface area contributed by atoms with Crippen molar-refractivity contribution in [1.82, 2.24) is 10.2 Å². The van der Waals surface area contributed by atoms with Gasteiger partial charge in [0.15, 0.2) is 0 Å². The number of amides is 2. The Kier molecular flexibility index (Phi) is 11.7. The Morgan fingerprint density at radius 2 is 1.58 bits per heavy atom. The van der Waals surface area contributed by atoms with E-state index in [2.05, 4.69) is 69.5 Å². The molecule has 0 spiro atoms. The van der Waals surface area contributed by atoms with Crippen molar-refractivity contribution >= 4 is 48.9 Å². The van der Waals surface area contributed by atoms with Crippen molar-refractivity contribution in [1.29, 1.82) is 0 Å². The molecule has 0 fully saturated rings. The smallest absolute Gasteiger partial charge is 0.408 e. The van der Waals surface area contributed by atoms with Crippen molar-refractivity contribution in [2.45, 2.75) is 97.0 Å². The molecule has 0 aliphatic carbocycles. The zero-order chi connectivity index (χ0) is 28.0. The van der Waals surface area contributed by atoms with E-state index < -0.39 is 37.9 Å². The number of ether oxygens (including phenoxy) is 1. The monoisotopic (exact) mass is 634 g/mol. The van der Waals surface area contributed by atoms with Crippen LogP contribution in [0.5, 0.6) is 5.75 Å². The summed E-state index contributed by atoms with van der Waals surface area (Å²) in [4.78, 5) is 37.6. The van der Waals surface area contributed by atoms with Crippen molar-refractivity contribution in [3.8, 4) is 5.75 Å². The van der Waals surface area contributed by atoms with Crippen molar-refractivity contribution in [2.24, 2.45) is 0 Å². The molecule has 36 heavy (non-hydrogen) atoms. The summed E-state index contributed by atoms with van der Waals surface area (Å²) in [7, 11) is -0.705. The lowest BCUT2D eigenvalue weighted by Gasteiger charge is -2.42. The maximum atomic E-state index is 12.6. The zero-order valence-corrected chi connectivity index (χ0v) is 26.4. The summed E-state index contributed by atoms with van der Waals surface area (Å²) in [5, 5.41) is 12.2. The maximum Gasteiger partial charge on any atom is 0.408 e. The number of nitrogens with one attached hydrogen (secondary N) is 1. The molecule has 0 saturated heterocycles. The maximum absolute atomic E-state index is 12.6. The lowest BCUT2D eigenvalue weighted by atomic mass is 10.0. The number of nitrogens with zero attached hydrogens (tertiary/aromatic N) is 1. The fourth-order valence-corrected chi connectivity index (χ4v) is 10.8. The largest absolute Gasteiger partial charge is 0.542 e. The molecule has 1 atom stereocenters. The van der Waals surface area contributed by atoms with E-state index in [-0.39, 0.29) is 13.0 Å². The Balaban J connectivity index is 3.03. The van der Waals surface area contributed by atoms with Crippen molar-refractivity contribution in [3.63, 3.8) is 0 Å². The van der Waals surface area contributed by atoms with E-state index in [9.17, 15) is 19.5 Å². The van der Waals surface area contributed by atoms with Gasteiger partial charge in [0.1, 0.15) is 23.9 Å². The van der Waals surface area contributed by atoms with Crippen LogP contribution < -0.4 is 9.74 Å². The van der Waals surface area contributed by atoms with Crippen molar-refractivity contribution in [2.75, 3.05) is 13.6 Å². The number of hydrogen-bond donors (Lipinski definition) is 2. The van der Waals surface area contributed by atoms with Crippen molar-refractivity contribution in [3.05, 3.63) is 27.3 Å². The van der Waals surface area contributed by atoms with E-state index in [1.165, 1.54) is 7.05 Å². The Morgan fingerprint density at radius 1 is 1.06 bits per heavy atom. The summed E-state index contributed by atoms with van der Waals surface area (Å²) in [6.07, 6.45) is -0.605. The number of rotatable bonds is 11. The third-order valence-corrected chi connectivity index (χ3v) is 13.2. The molecule has 0 aliphatic rings. The van der Waals surface area contributed by atoms with Gasteiger partial charge in [0.05, 0.1) is 3.57 Å². The highest BCUT2D eigenvalue weighted by Crippen LogP contribution is 2.43. The van der Waals surface area contributed by atoms with Crippen LogP contribution in [0.3, 0.4) is 0 Å². The molecule has 0 heterocycles. The van der Waals surface area contributed by atoms with Crippen LogP contribution in [0.2, 0.25) is 16.6 Å². The molecule has 8 nitrogen and oxygen atoms in total. The van der Waals surface area contributed by atoms with Gasteiger partial charge in [-0.3, -0.25) is 4.79 Å². The minimum Gasteiger partial charge on any atom is -0.542 e. The van der Waals surface area contributed by atoms with Crippen LogP contribution in [0.15, 0.2) is 18.2 Å². The minimum atomic E-state index is -2.13. The summed E-state index contributed by atoms with van der Waals surface area (Å²) in [6, 6.07) is 4.61. The summed E-state index contributed by atoms with van der Waals surface area (Å²) in [5.41, 5.74) is 1.37. The Labute approximate surface area is 230 Å². The van der Waals surface area contributed by atoms with E-state index in [0.717, 1.165) is 19.8 Å². The lowest BCUT2D eigenvalue weighted by Crippen LogP contribution is -2.50. The van der Waals surface area contributed by atoms with Crippen LogP contribution in [0, 0.1) is 3.57 Å². The van der Waals surface area contributed by atoms with Gasteiger partial charge >= 0.3 is 12.1 Å². The normalized spacial score (nSPS) is 13.1. The molecule has 0 radical (unpaired) electrons. The lowest BCUT2D eigenvalue weighted by molar-refractivity contribution is -0.148. The number of carbonyl (C=O) groups is 3. The van der Waals surface area contributed by atoms with Crippen LogP contribution in [0.1, 0.15) is 67.9 Å². The molecular weight excluding hydrogens is 591 g/mol. The number of alkyl carbamates (subject to hydrolysis) is 1. The average molecular weight is 635 g/mol. The summed E-state index contributed by atoms with van der Waals surface area (Å²) >= 11 is 2.23. The van der Waals surface area contributed by atoms with E-state index in [1.54, 1.807) is 20.8 Å². The van der Waals surface area contributed by atoms with Gasteiger partial charge in [-0.25, -0.2) is 9.59 Å². The number of carbonyl (C=O) groups excluding carboxylic acids is 2. The number of hydrogen-bond acceptors (Lipinski definition) is 5. The molecule has 1 rings (SSSR count). The molecule has 0 unspecified atom stereocenters. The topological polar surface area (TPSA) is 105 Å². The number of halogens is 1. The number of benzene rings is 1. The van der Waals surface area contributed by atoms with E-state index in [0.29, 0.717) is 16.6 Å². The third kappa shape index (κ3) is 8.64. The first-order valence-electron chi connectivity index (χ1n) is 12.3. The van der Waals surface area contributed by atoms with Gasteiger partial charge in [0.2, 0.25) is 5.91 Å². The highest BCUT2D eigenvalue weighted by molar-refractivity contribution is 14.1. The highest BCUT2D eigenvalue weighted by atomic mass is 127. The minimum absolute atomic E-state index is 0.126. The van der Waals surface area contributed by atoms with Crippen LogP contribution in [-0.4, -0.2) is 61.5 Å². The molecule has 10 heteroatoms. The fraction of sp³-hybridized carbons (Fsp3) is 0.654. The molecule has 204 valence electrons. The van der Waals surface area contributed by atoms with Gasteiger partial charge in [0, 0.05) is 13.5 Å². The predicted molar refractivity (Wildman–Crippen MR) is 153 cm³/mol. The van der Waals surface area contributed by atoms with Gasteiger partial charge in [-0.15, -0.1) is 0 Å². The fourth-order valence-electron chi connectivity index (χ4n) is 4.67. The van der Waals surface area contributed by atoms with Gasteiger partial charge in [-0.2, -0.15) is 0 Å². The number of carboxylic acids is 1. The molecule has 0 bridgehead atoms. The van der Waals surface area contributed by atoms with Crippen LogP contribution >= 0.6 is 22.6 Å². The van der Waals surface area contributed by atoms with E-state index in [1.807, 2.05) is 18.2 Å². The molecule has 2 N–H and O–H groups in total. The first-order valence-corrected chi connectivity index (χ1v) is 15.6. The first-order chi connectivity index (χ1) is 16.4. The second kappa shape index (κ2) is 13.1. The Bertz CT molecular complexity index is 908. The number of aliphatic carboxylic acids is 1. The van der Waals surface area contributed by atoms with Crippen LogP contribution in [0.25, 0.3) is 0 Å². The molecule has 0 aromatic heterocycles. The molecule has 1 aromatic carbocycles. The molecule has 0 aliphatic heterocycles. The van der Waals surface area contributed by atoms with E-state index >= 15 is 0 Å². The van der Waals surface area contributed by atoms with Gasteiger partial charge in [-0.05, 0) is 77.7 Å². The Hall–Kier alpha value is -1.82. The third-order valence-electron chi connectivity index (χ3n) is 6.35. The van der Waals surface area contributed by atoms with Gasteiger partial charge < -0.3 is 24.5 Å². The summed E-state index contributed by atoms with van der Waals surface area (Å²) in [5.74, 6) is -0.825. The molecule has 2 amide bonds. The van der Waals surface area contributed by atoms with E-state index in [4.69, 9.17) is 9.16 Å². The van der Waals surface area contributed by atoms with Crippen LogP contribution in [-0.2, 0) is 20.7 Å². The Morgan fingerprint density at radius 3 is 2.00 bits per heavy atom. The van der Waals surface area contributed by atoms with Gasteiger partial charge in [0.25, 0.3) is 8.32 Å². The second-order valence-electron chi connectivity index (χ2n) is 11.1. The standard InChI is InChI=1S/C26H43IN2O6Si/c1-16(2)36(17(3)4,18(5)6)35-22-12-11-19(13-20(22)27)14-21(24(31)32)29(10)23(30)15-28-25(33)34-26(7,8)9/h11-13,16-18,21H,14-15H2,1-10H3,(H,28,33)(H,31,32)/t21-/m1/s1. The number of carboxylic acid groups (broad SMARTS) is 1. The zero-order valence-electron chi connectivity index (χ0n) is 23.3. The summed E-state index contributed by atoms with van der Waals surface area (Å²) in [6.45, 7) is 18.2. The predicted octanol–water partition coefficient (Wildman–Crippen LogP) is 5.82. The van der Waals surface area contributed by atoms with Crippen molar-refractivity contribution < 1.29 is 28.7 Å². The highest BCUT2D eigenvalue weighted by Gasteiger charge is 2.47. The SMILES string of the molecule is CC(C)[Si](Oc1ccc(C[C@H](C(=O)O)N(C)C(=O)CNC(=O)OC(C)(C)C)cc1I)(C(C)C)C(C)C. The quantitative estimate of drug-likeness (QED) is 0.235. The van der Waals surface area contributed by atoms with Gasteiger partial charge in [-0.1, -0.05) is 47.6 Å². The molecule has 1 aromatic rings. The average Bonchev–Trinajstić information content (AvgIpc) is 2.72. The van der Waals surface area contributed by atoms with Crippen LogP contribution in [0.4, 0.5) is 4.79 Å². The summed E-state index contributed by atoms with van der Waals surface area (Å²) < 4.78 is 12.8. The first kappa shape index (κ1) is 32.2.